The molecule has 1 heterocycles. The first kappa shape index (κ1) is 29.6. The number of esters is 1. The molecule has 1 aromatic carbocycles. The number of carbonyl (C=O) groups is 4. The first-order valence-corrected chi connectivity index (χ1v) is 10.6. The SMILES string of the molecule is COc1cc(/C=C/C(=O)C2(CCCN(C)C)CCOC2=O)ccc1O.O=C(O)C(O)C(O)C(=O)O. The van der Waals surface area contributed by atoms with E-state index in [4.69, 9.17) is 29.9 Å². The first-order valence-electron chi connectivity index (χ1n) is 10.6. The van der Waals surface area contributed by atoms with E-state index in [9.17, 15) is 24.3 Å². The van der Waals surface area contributed by atoms with Crippen LogP contribution in [0.4, 0.5) is 0 Å². The van der Waals surface area contributed by atoms with Gasteiger partial charge in [0, 0.05) is 6.42 Å². The standard InChI is InChI=1S/C19H25NO5.C4H6O6/c1-20(2)11-4-9-19(10-12-25-18(19)23)17(22)8-6-14-5-7-15(21)16(13-14)24-3;5-1(3(7)8)2(6)4(9)10/h5-8,13,21H,4,9-12H2,1-3H3;1-2,5-6H,(H,7,8)(H,9,10)/b8-6+;. The smallest absolute Gasteiger partial charge is 0.335 e. The second-order valence-electron chi connectivity index (χ2n) is 8.07. The number of hydrogen-bond acceptors (Lipinski definition) is 10. The van der Waals surface area contributed by atoms with Crippen LogP contribution in [0, 0.1) is 5.41 Å². The average Bonchev–Trinajstić information content (AvgIpc) is 3.18. The van der Waals surface area contributed by atoms with Crippen molar-refractivity contribution >= 4 is 29.8 Å². The van der Waals surface area contributed by atoms with Gasteiger partial charge in [-0.2, -0.15) is 0 Å². The molecule has 0 spiro atoms. The fourth-order valence-corrected chi connectivity index (χ4v) is 3.23. The van der Waals surface area contributed by atoms with Crippen LogP contribution in [0.25, 0.3) is 6.08 Å². The van der Waals surface area contributed by atoms with Crippen molar-refractivity contribution in [1.29, 1.82) is 0 Å². The van der Waals surface area contributed by atoms with Crippen LogP contribution in [-0.2, 0) is 23.9 Å². The maximum atomic E-state index is 12.8. The second-order valence-corrected chi connectivity index (χ2v) is 8.07. The third kappa shape index (κ3) is 8.35. The number of aliphatic hydroxyl groups excluding tert-OH is 2. The highest BCUT2D eigenvalue weighted by Gasteiger charge is 2.49. The Bertz CT molecular complexity index is 925. The Hall–Kier alpha value is -3.48. The summed E-state index contributed by atoms with van der Waals surface area (Å²) in [6.07, 6.45) is 0.162. The highest BCUT2D eigenvalue weighted by atomic mass is 16.5. The van der Waals surface area contributed by atoms with Crippen molar-refractivity contribution in [2.24, 2.45) is 5.41 Å². The number of aliphatic carboxylic acids is 2. The van der Waals surface area contributed by atoms with Gasteiger partial charge in [-0.1, -0.05) is 12.1 Å². The van der Waals surface area contributed by atoms with Gasteiger partial charge < -0.3 is 39.9 Å². The molecule has 0 saturated carbocycles. The van der Waals surface area contributed by atoms with E-state index in [0.29, 0.717) is 24.2 Å². The summed E-state index contributed by atoms with van der Waals surface area (Å²) in [6.45, 7) is 1.09. The lowest BCUT2D eigenvalue weighted by atomic mass is 9.77. The van der Waals surface area contributed by atoms with Crippen LogP contribution in [0.15, 0.2) is 24.3 Å². The Labute approximate surface area is 202 Å². The number of benzene rings is 1. The molecule has 0 radical (unpaired) electrons. The highest BCUT2D eigenvalue weighted by Crippen LogP contribution is 2.37. The lowest BCUT2D eigenvalue weighted by Crippen LogP contribution is -2.39. The molecule has 1 saturated heterocycles. The van der Waals surface area contributed by atoms with Crippen LogP contribution in [-0.4, -0.2) is 101 Å². The fraction of sp³-hybridized carbons (Fsp3) is 0.478. The Kier molecular flexibility index (Phi) is 11.3. The van der Waals surface area contributed by atoms with E-state index >= 15 is 0 Å². The van der Waals surface area contributed by atoms with Gasteiger partial charge in [0.05, 0.1) is 13.7 Å². The van der Waals surface area contributed by atoms with Gasteiger partial charge in [0.2, 0.25) is 0 Å². The second kappa shape index (κ2) is 13.4. The maximum absolute atomic E-state index is 12.8. The van der Waals surface area contributed by atoms with Crippen molar-refractivity contribution in [3.8, 4) is 11.5 Å². The first-order chi connectivity index (χ1) is 16.3. The molecule has 2 rings (SSSR count). The zero-order valence-corrected chi connectivity index (χ0v) is 19.7. The predicted molar refractivity (Wildman–Crippen MR) is 122 cm³/mol. The van der Waals surface area contributed by atoms with E-state index in [1.54, 1.807) is 18.2 Å². The summed E-state index contributed by atoms with van der Waals surface area (Å²) in [7, 11) is 5.38. The summed E-state index contributed by atoms with van der Waals surface area (Å²) in [6, 6.07) is 4.80. The molecule has 3 atom stereocenters. The predicted octanol–water partition coefficient (Wildman–Crippen LogP) is 0.136. The fourth-order valence-electron chi connectivity index (χ4n) is 3.23. The summed E-state index contributed by atoms with van der Waals surface area (Å²) in [5, 5.41) is 42.1. The maximum Gasteiger partial charge on any atom is 0.335 e. The number of carbonyl (C=O) groups excluding carboxylic acids is 2. The van der Waals surface area contributed by atoms with Crippen LogP contribution in [0.2, 0.25) is 0 Å². The van der Waals surface area contributed by atoms with E-state index in [1.165, 1.54) is 19.3 Å². The van der Waals surface area contributed by atoms with Gasteiger partial charge in [0.15, 0.2) is 29.5 Å². The number of aromatic hydroxyl groups is 1. The Morgan fingerprint density at radius 3 is 2.23 bits per heavy atom. The van der Waals surface area contributed by atoms with Gasteiger partial charge in [-0.25, -0.2) is 9.59 Å². The molecule has 5 N–H and O–H groups in total. The van der Waals surface area contributed by atoms with Crippen LogP contribution in [0.5, 0.6) is 11.5 Å². The highest BCUT2D eigenvalue weighted by molar-refractivity contribution is 6.11. The van der Waals surface area contributed by atoms with Gasteiger partial charge in [-0.15, -0.1) is 0 Å². The van der Waals surface area contributed by atoms with Crippen LogP contribution in [0.3, 0.4) is 0 Å². The van der Waals surface area contributed by atoms with Gasteiger partial charge in [0.1, 0.15) is 5.41 Å². The van der Waals surface area contributed by atoms with E-state index in [2.05, 4.69) is 0 Å². The van der Waals surface area contributed by atoms with Gasteiger partial charge >= 0.3 is 17.9 Å². The largest absolute Gasteiger partial charge is 0.504 e. The molecule has 1 fully saturated rings. The molecule has 1 aromatic rings. The van der Waals surface area contributed by atoms with E-state index in [1.807, 2.05) is 19.0 Å². The molecule has 0 bridgehead atoms. The third-order valence-corrected chi connectivity index (χ3v) is 5.27. The zero-order chi connectivity index (χ0) is 26.8. The summed E-state index contributed by atoms with van der Waals surface area (Å²) in [4.78, 5) is 46.6. The van der Waals surface area contributed by atoms with Crippen molar-refractivity contribution in [2.45, 2.75) is 31.5 Å². The van der Waals surface area contributed by atoms with Crippen molar-refractivity contribution in [3.63, 3.8) is 0 Å². The lowest BCUT2D eigenvalue weighted by molar-refractivity contribution is -0.165. The minimum Gasteiger partial charge on any atom is -0.504 e. The number of hydrogen-bond donors (Lipinski definition) is 5. The quantitative estimate of drug-likeness (QED) is 0.158. The van der Waals surface area contributed by atoms with Crippen molar-refractivity contribution < 1.29 is 54.2 Å². The third-order valence-electron chi connectivity index (χ3n) is 5.27. The molecule has 1 aliphatic heterocycles. The number of phenols is 1. The number of nitrogens with zero attached hydrogens (tertiary/aromatic N) is 1. The summed E-state index contributed by atoms with van der Waals surface area (Å²) in [5.41, 5.74) is -0.370. The monoisotopic (exact) mass is 497 g/mol. The molecule has 12 nitrogen and oxygen atoms in total. The number of ether oxygens (including phenoxy) is 2. The molecule has 35 heavy (non-hydrogen) atoms. The summed E-state index contributed by atoms with van der Waals surface area (Å²) in [5.74, 6) is -3.84. The molecule has 194 valence electrons. The van der Waals surface area contributed by atoms with Gasteiger partial charge in [-0.3, -0.25) is 9.59 Å². The number of rotatable bonds is 11. The number of cyclic esters (lactones) is 1. The van der Waals surface area contributed by atoms with Gasteiger partial charge in [0.25, 0.3) is 0 Å². The van der Waals surface area contributed by atoms with Crippen molar-refractivity contribution in [3.05, 3.63) is 29.8 Å². The lowest BCUT2D eigenvalue weighted by Gasteiger charge is -2.22. The molecule has 0 amide bonds. The normalized spacial score (nSPS) is 19.0. The molecular formula is C23H31NO11. The van der Waals surface area contributed by atoms with E-state index in [0.717, 1.165) is 13.0 Å². The molecular weight excluding hydrogens is 466 g/mol. The van der Waals surface area contributed by atoms with Crippen LogP contribution in [0.1, 0.15) is 24.8 Å². The topological polar surface area (TPSA) is 191 Å². The zero-order valence-electron chi connectivity index (χ0n) is 19.7. The number of allylic oxidation sites excluding steroid dienone is 1. The van der Waals surface area contributed by atoms with E-state index < -0.39 is 35.5 Å². The summed E-state index contributed by atoms with van der Waals surface area (Å²) >= 11 is 0. The van der Waals surface area contributed by atoms with Crippen LogP contribution >= 0.6 is 0 Å². The summed E-state index contributed by atoms with van der Waals surface area (Å²) < 4.78 is 10.1. The van der Waals surface area contributed by atoms with Crippen molar-refractivity contribution in [1.82, 2.24) is 4.90 Å². The number of aliphatic hydroxyl groups is 2. The Balaban J connectivity index is 0.000000518. The number of carboxylic acid groups (broad SMARTS) is 2. The molecule has 3 unspecified atom stereocenters. The number of phenolic OH excluding ortho intramolecular Hbond substituents is 1. The molecule has 0 aromatic heterocycles. The number of carboxylic acids is 2. The van der Waals surface area contributed by atoms with Crippen molar-refractivity contribution in [2.75, 3.05) is 34.4 Å². The average molecular weight is 497 g/mol. The van der Waals surface area contributed by atoms with E-state index in [-0.39, 0.29) is 18.1 Å². The number of ketones is 1. The van der Waals surface area contributed by atoms with Gasteiger partial charge in [-0.05, 0) is 57.3 Å². The Morgan fingerprint density at radius 2 is 1.77 bits per heavy atom. The minimum absolute atomic E-state index is 0.0329. The molecule has 0 aliphatic carbocycles. The minimum atomic E-state index is -2.27. The number of methoxy groups -OCH3 is 1. The molecule has 1 aliphatic rings. The Morgan fingerprint density at radius 1 is 1.17 bits per heavy atom. The van der Waals surface area contributed by atoms with Crippen LogP contribution < -0.4 is 4.74 Å². The molecule has 12 heteroatoms.